The highest BCUT2D eigenvalue weighted by molar-refractivity contribution is 4.80. The lowest BCUT2D eigenvalue weighted by atomic mass is 10.2. The van der Waals surface area contributed by atoms with Gasteiger partial charge < -0.3 is 4.74 Å². The van der Waals surface area contributed by atoms with Gasteiger partial charge in [0.05, 0.1) is 13.2 Å². The van der Waals surface area contributed by atoms with E-state index in [9.17, 15) is 13.2 Å². The van der Waals surface area contributed by atoms with Crippen molar-refractivity contribution in [2.24, 2.45) is 0 Å². The maximum absolute atomic E-state index is 12.3. The predicted molar refractivity (Wildman–Crippen MR) is 37.9 cm³/mol. The summed E-state index contributed by atoms with van der Waals surface area (Å²) in [6.07, 6.45) is -4.16. The first-order chi connectivity index (χ1) is 5.55. The second-order valence-corrected chi connectivity index (χ2v) is 2.76. The highest BCUT2D eigenvalue weighted by Crippen LogP contribution is 2.26. The van der Waals surface area contributed by atoms with Crippen molar-refractivity contribution in [2.75, 3.05) is 26.3 Å². The van der Waals surface area contributed by atoms with E-state index in [2.05, 4.69) is 0 Å². The van der Waals surface area contributed by atoms with Crippen LogP contribution in [0.3, 0.4) is 0 Å². The fraction of sp³-hybridized carbons (Fsp3) is 1.00. The Kier molecular flexibility index (Phi) is 2.95. The van der Waals surface area contributed by atoms with Crippen LogP contribution >= 0.6 is 0 Å². The van der Waals surface area contributed by atoms with Gasteiger partial charge in [-0.3, -0.25) is 4.90 Å². The van der Waals surface area contributed by atoms with Gasteiger partial charge in [0.1, 0.15) is 6.04 Å². The average Bonchev–Trinajstić information content (AvgIpc) is 2.03. The number of alkyl halides is 3. The molecule has 0 saturated carbocycles. The molecule has 1 rings (SSSR count). The number of halogens is 3. The lowest BCUT2D eigenvalue weighted by Gasteiger charge is -2.35. The summed E-state index contributed by atoms with van der Waals surface area (Å²) in [7, 11) is 0. The van der Waals surface area contributed by atoms with E-state index >= 15 is 0 Å². The Bertz CT molecular complexity index is 148. The lowest BCUT2D eigenvalue weighted by Crippen LogP contribution is -2.53. The van der Waals surface area contributed by atoms with Crippen molar-refractivity contribution in [3.05, 3.63) is 0 Å². The van der Waals surface area contributed by atoms with E-state index in [-0.39, 0.29) is 6.61 Å². The monoisotopic (exact) mass is 183 g/mol. The number of rotatable bonds is 1. The Balaban J connectivity index is 2.59. The van der Waals surface area contributed by atoms with Crippen LogP contribution in [-0.4, -0.2) is 43.4 Å². The molecule has 0 spiro atoms. The van der Waals surface area contributed by atoms with Crippen molar-refractivity contribution in [3.63, 3.8) is 0 Å². The summed E-state index contributed by atoms with van der Waals surface area (Å²) < 4.78 is 41.5. The number of hydrogen-bond donors (Lipinski definition) is 0. The Hall–Kier alpha value is -0.290. The molecule has 1 aliphatic heterocycles. The van der Waals surface area contributed by atoms with Crippen molar-refractivity contribution in [3.8, 4) is 0 Å². The number of hydrogen-bond acceptors (Lipinski definition) is 2. The molecule has 0 radical (unpaired) electrons. The van der Waals surface area contributed by atoms with Crippen LogP contribution in [-0.2, 0) is 4.74 Å². The average molecular weight is 183 g/mol. The molecule has 0 aromatic heterocycles. The van der Waals surface area contributed by atoms with Gasteiger partial charge >= 0.3 is 6.18 Å². The minimum atomic E-state index is -4.16. The fourth-order valence-electron chi connectivity index (χ4n) is 1.32. The lowest BCUT2D eigenvalue weighted by molar-refractivity contribution is -0.210. The summed E-state index contributed by atoms with van der Waals surface area (Å²) in [4.78, 5) is 1.39. The number of morpholine rings is 1. The molecule has 72 valence electrons. The van der Waals surface area contributed by atoms with Crippen LogP contribution in [0, 0.1) is 0 Å². The molecular weight excluding hydrogens is 171 g/mol. The van der Waals surface area contributed by atoms with Gasteiger partial charge in [-0.05, 0) is 6.54 Å². The maximum atomic E-state index is 12.3. The quantitative estimate of drug-likeness (QED) is 0.607. The van der Waals surface area contributed by atoms with Crippen LogP contribution in [0.1, 0.15) is 6.92 Å². The molecule has 1 heterocycles. The zero-order valence-corrected chi connectivity index (χ0v) is 6.90. The third-order valence-electron chi connectivity index (χ3n) is 2.02. The number of likely N-dealkylation sites (N-methyl/N-ethyl adjacent to an activating group) is 1. The third-order valence-corrected chi connectivity index (χ3v) is 2.02. The van der Waals surface area contributed by atoms with E-state index in [1.54, 1.807) is 6.92 Å². The normalized spacial score (nSPS) is 27.5. The molecule has 0 aliphatic carbocycles. The molecule has 0 aromatic carbocycles. The van der Waals surface area contributed by atoms with Gasteiger partial charge in [-0.25, -0.2) is 0 Å². The van der Waals surface area contributed by atoms with Crippen LogP contribution in [0.25, 0.3) is 0 Å². The molecule has 0 N–H and O–H groups in total. The first kappa shape index (κ1) is 9.80. The zero-order valence-electron chi connectivity index (χ0n) is 6.90. The molecule has 0 aromatic rings. The highest BCUT2D eigenvalue weighted by atomic mass is 19.4. The molecule has 1 fully saturated rings. The van der Waals surface area contributed by atoms with E-state index < -0.39 is 12.2 Å². The van der Waals surface area contributed by atoms with Gasteiger partial charge in [0, 0.05) is 6.54 Å². The van der Waals surface area contributed by atoms with Gasteiger partial charge in [0.2, 0.25) is 0 Å². The Morgan fingerprint density at radius 2 is 2.17 bits per heavy atom. The molecular formula is C7H12F3NO. The standard InChI is InChI=1S/C7H12F3NO/c1-2-11-3-4-12-5-6(11)7(8,9)10/h6H,2-5H2,1H3. The molecule has 1 saturated heterocycles. The van der Waals surface area contributed by atoms with E-state index in [4.69, 9.17) is 4.74 Å². The topological polar surface area (TPSA) is 12.5 Å². The Labute approximate surface area is 69.3 Å². The zero-order chi connectivity index (χ0) is 9.19. The second-order valence-electron chi connectivity index (χ2n) is 2.76. The van der Waals surface area contributed by atoms with Crippen molar-refractivity contribution in [1.29, 1.82) is 0 Å². The minimum Gasteiger partial charge on any atom is -0.378 e. The summed E-state index contributed by atoms with van der Waals surface area (Å²) >= 11 is 0. The van der Waals surface area contributed by atoms with E-state index in [0.717, 1.165) is 0 Å². The summed E-state index contributed by atoms with van der Waals surface area (Å²) in [5.74, 6) is 0. The minimum absolute atomic E-state index is 0.225. The van der Waals surface area contributed by atoms with Crippen LogP contribution in [0.5, 0.6) is 0 Å². The van der Waals surface area contributed by atoms with Gasteiger partial charge in [0.15, 0.2) is 0 Å². The largest absolute Gasteiger partial charge is 0.406 e. The molecule has 0 bridgehead atoms. The Morgan fingerprint density at radius 3 is 2.58 bits per heavy atom. The molecule has 5 heteroatoms. The smallest absolute Gasteiger partial charge is 0.378 e. The van der Waals surface area contributed by atoms with Crippen LogP contribution < -0.4 is 0 Å². The maximum Gasteiger partial charge on any atom is 0.406 e. The van der Waals surface area contributed by atoms with E-state index in [1.807, 2.05) is 0 Å². The summed E-state index contributed by atoms with van der Waals surface area (Å²) in [5.41, 5.74) is 0. The third kappa shape index (κ3) is 2.10. The van der Waals surface area contributed by atoms with Gasteiger partial charge in [0.25, 0.3) is 0 Å². The van der Waals surface area contributed by atoms with Crippen molar-refractivity contribution in [1.82, 2.24) is 4.90 Å². The van der Waals surface area contributed by atoms with Crippen LogP contribution in [0.4, 0.5) is 13.2 Å². The number of ether oxygens (including phenoxy) is 1. The summed E-state index contributed by atoms with van der Waals surface area (Å²) in [6.45, 7) is 2.70. The van der Waals surface area contributed by atoms with Crippen LogP contribution in [0.15, 0.2) is 0 Å². The second kappa shape index (κ2) is 3.62. The summed E-state index contributed by atoms with van der Waals surface area (Å²) in [5, 5.41) is 0. The first-order valence-corrected chi connectivity index (χ1v) is 3.94. The highest BCUT2D eigenvalue weighted by Gasteiger charge is 2.44. The van der Waals surface area contributed by atoms with Crippen molar-refractivity contribution >= 4 is 0 Å². The molecule has 0 amide bonds. The SMILES string of the molecule is CCN1CCOCC1C(F)(F)F. The van der Waals surface area contributed by atoms with Gasteiger partial charge in [-0.2, -0.15) is 13.2 Å². The molecule has 1 atom stereocenters. The summed E-state index contributed by atoms with van der Waals surface area (Å²) in [6, 6.07) is -1.41. The number of nitrogens with zero attached hydrogens (tertiary/aromatic N) is 1. The predicted octanol–water partition coefficient (Wildman–Crippen LogP) is 1.27. The molecule has 1 unspecified atom stereocenters. The van der Waals surface area contributed by atoms with Gasteiger partial charge in [-0.1, -0.05) is 6.92 Å². The molecule has 2 nitrogen and oxygen atoms in total. The fourth-order valence-corrected chi connectivity index (χ4v) is 1.32. The Morgan fingerprint density at radius 1 is 1.50 bits per heavy atom. The molecule has 1 aliphatic rings. The van der Waals surface area contributed by atoms with Crippen molar-refractivity contribution in [2.45, 2.75) is 19.1 Å². The van der Waals surface area contributed by atoms with Gasteiger partial charge in [-0.15, -0.1) is 0 Å². The molecule has 12 heavy (non-hydrogen) atoms. The van der Waals surface area contributed by atoms with E-state index in [1.165, 1.54) is 4.90 Å². The van der Waals surface area contributed by atoms with Crippen LogP contribution in [0.2, 0.25) is 0 Å². The van der Waals surface area contributed by atoms with Crippen molar-refractivity contribution < 1.29 is 17.9 Å². The first-order valence-electron chi connectivity index (χ1n) is 3.94. The van der Waals surface area contributed by atoms with E-state index in [0.29, 0.717) is 19.7 Å².